The third-order valence-electron chi connectivity index (χ3n) is 3.39. The Morgan fingerprint density at radius 1 is 1.41 bits per heavy atom. The van der Waals surface area contributed by atoms with Crippen molar-refractivity contribution in [3.05, 3.63) is 26.6 Å². The van der Waals surface area contributed by atoms with Crippen molar-refractivity contribution in [2.45, 2.75) is 26.7 Å². The molecule has 8 heteroatoms. The van der Waals surface area contributed by atoms with Gasteiger partial charge in [-0.25, -0.2) is 4.98 Å². The first-order valence-electron chi connectivity index (χ1n) is 6.84. The summed E-state index contributed by atoms with van der Waals surface area (Å²) >= 11 is 1.17. The average molecular weight is 323 g/mol. The molecule has 0 spiro atoms. The molecule has 0 unspecified atom stereocenters. The predicted octanol–water partition coefficient (Wildman–Crippen LogP) is 1.40. The maximum absolute atomic E-state index is 12.4. The lowest BCUT2D eigenvalue weighted by molar-refractivity contribution is -0.137. The number of aromatic nitrogens is 2. The highest BCUT2D eigenvalue weighted by Gasteiger charge is 2.22. The number of carbonyl (C=O) groups excluding carboxylic acids is 1. The number of aryl methyl sites for hydroxylation is 2. The van der Waals surface area contributed by atoms with Gasteiger partial charge in [0.1, 0.15) is 10.7 Å². The van der Waals surface area contributed by atoms with E-state index in [0.717, 1.165) is 0 Å². The summed E-state index contributed by atoms with van der Waals surface area (Å²) in [5, 5.41) is 9.11. The van der Waals surface area contributed by atoms with E-state index >= 15 is 0 Å². The van der Waals surface area contributed by atoms with Crippen molar-refractivity contribution >= 4 is 33.4 Å². The second-order valence-electron chi connectivity index (χ2n) is 4.97. The van der Waals surface area contributed by atoms with Gasteiger partial charge in [-0.2, -0.15) is 0 Å². The largest absolute Gasteiger partial charge is 0.481 e. The molecule has 2 rings (SSSR count). The van der Waals surface area contributed by atoms with Crippen molar-refractivity contribution in [2.75, 3.05) is 13.6 Å². The molecule has 0 saturated carbocycles. The molecule has 0 atom stereocenters. The summed E-state index contributed by atoms with van der Waals surface area (Å²) in [6, 6.07) is 0. The molecule has 0 aliphatic carbocycles. The Morgan fingerprint density at radius 2 is 2.09 bits per heavy atom. The summed E-state index contributed by atoms with van der Waals surface area (Å²) in [5.41, 5.74) is 0.339. The van der Waals surface area contributed by atoms with Crippen LogP contribution in [0.15, 0.2) is 4.79 Å². The number of carboxylic acid groups (broad SMARTS) is 1. The van der Waals surface area contributed by atoms with Gasteiger partial charge in [-0.3, -0.25) is 14.4 Å². The SMILES string of the molecule is CCc1nc2sc(C(=O)N(C)CCC(=O)O)c(C)c2c(=O)[nH]1. The Balaban J connectivity index is 2.41. The van der Waals surface area contributed by atoms with Crippen molar-refractivity contribution in [1.29, 1.82) is 0 Å². The summed E-state index contributed by atoms with van der Waals surface area (Å²) < 4.78 is 0. The predicted molar refractivity (Wildman–Crippen MR) is 83.6 cm³/mol. The fourth-order valence-electron chi connectivity index (χ4n) is 2.10. The summed E-state index contributed by atoms with van der Waals surface area (Å²) in [7, 11) is 1.55. The molecule has 7 nitrogen and oxygen atoms in total. The van der Waals surface area contributed by atoms with E-state index < -0.39 is 5.97 Å². The van der Waals surface area contributed by atoms with Gasteiger partial charge in [0.25, 0.3) is 11.5 Å². The zero-order chi connectivity index (χ0) is 16.4. The van der Waals surface area contributed by atoms with Gasteiger partial charge in [-0.15, -0.1) is 11.3 Å². The van der Waals surface area contributed by atoms with E-state index in [9.17, 15) is 14.4 Å². The topological polar surface area (TPSA) is 103 Å². The lowest BCUT2D eigenvalue weighted by atomic mass is 10.2. The Labute approximate surface area is 130 Å². The van der Waals surface area contributed by atoms with Gasteiger partial charge in [0.2, 0.25) is 0 Å². The first-order chi connectivity index (χ1) is 10.3. The van der Waals surface area contributed by atoms with Crippen LogP contribution in [0.5, 0.6) is 0 Å². The van der Waals surface area contributed by atoms with Crippen LogP contribution in [-0.2, 0) is 11.2 Å². The molecule has 0 saturated heterocycles. The van der Waals surface area contributed by atoms with Gasteiger partial charge < -0.3 is 15.0 Å². The third-order valence-corrected chi connectivity index (χ3v) is 4.56. The van der Waals surface area contributed by atoms with Crippen LogP contribution in [-0.4, -0.2) is 45.4 Å². The van der Waals surface area contributed by atoms with Crippen LogP contribution in [0.25, 0.3) is 10.2 Å². The van der Waals surface area contributed by atoms with Crippen LogP contribution in [0.1, 0.15) is 34.4 Å². The molecule has 0 bridgehead atoms. The van der Waals surface area contributed by atoms with Crippen LogP contribution in [0.4, 0.5) is 0 Å². The minimum absolute atomic E-state index is 0.117. The van der Waals surface area contributed by atoms with Crippen molar-refractivity contribution in [3.8, 4) is 0 Å². The minimum atomic E-state index is -0.960. The number of aliphatic carboxylic acids is 1. The van der Waals surface area contributed by atoms with Crippen molar-refractivity contribution < 1.29 is 14.7 Å². The van der Waals surface area contributed by atoms with Gasteiger partial charge in [-0.1, -0.05) is 6.92 Å². The quantitative estimate of drug-likeness (QED) is 0.865. The normalized spacial score (nSPS) is 10.9. The summed E-state index contributed by atoms with van der Waals surface area (Å²) in [4.78, 5) is 44.5. The Kier molecular flexibility index (Phi) is 4.60. The number of hydrogen-bond donors (Lipinski definition) is 2. The number of rotatable bonds is 5. The van der Waals surface area contributed by atoms with E-state index in [1.165, 1.54) is 16.2 Å². The lowest BCUT2D eigenvalue weighted by Gasteiger charge is -2.15. The monoisotopic (exact) mass is 323 g/mol. The standard InChI is InChI=1S/C14H17N3O4S/c1-4-8-15-12(20)10-7(2)11(22-13(10)16-8)14(21)17(3)6-5-9(18)19/h4-6H2,1-3H3,(H,18,19)(H,15,16,20). The minimum Gasteiger partial charge on any atom is -0.481 e. The smallest absolute Gasteiger partial charge is 0.305 e. The van der Waals surface area contributed by atoms with Crippen LogP contribution in [0.3, 0.4) is 0 Å². The Morgan fingerprint density at radius 3 is 2.68 bits per heavy atom. The van der Waals surface area contributed by atoms with E-state index in [1.807, 2.05) is 6.92 Å². The highest BCUT2D eigenvalue weighted by Crippen LogP contribution is 2.28. The maximum atomic E-state index is 12.4. The van der Waals surface area contributed by atoms with Gasteiger partial charge in [0, 0.05) is 20.0 Å². The number of thiophene rings is 1. The number of aromatic amines is 1. The van der Waals surface area contributed by atoms with E-state index in [4.69, 9.17) is 5.11 Å². The van der Waals surface area contributed by atoms with Crippen molar-refractivity contribution in [2.24, 2.45) is 0 Å². The lowest BCUT2D eigenvalue weighted by Crippen LogP contribution is -2.28. The van der Waals surface area contributed by atoms with E-state index in [-0.39, 0.29) is 24.4 Å². The molecule has 2 heterocycles. The Hall–Kier alpha value is -2.22. The molecule has 0 radical (unpaired) electrons. The number of nitrogens with zero attached hydrogens (tertiary/aromatic N) is 2. The number of amides is 1. The second-order valence-corrected chi connectivity index (χ2v) is 5.97. The molecule has 1 amide bonds. The van der Waals surface area contributed by atoms with Gasteiger partial charge in [0.05, 0.1) is 16.7 Å². The molecule has 0 fully saturated rings. The fourth-order valence-corrected chi connectivity index (χ4v) is 3.29. The third kappa shape index (κ3) is 3.01. The molecule has 0 aliphatic heterocycles. The summed E-state index contributed by atoms with van der Waals surface area (Å²) in [6.07, 6.45) is 0.481. The van der Waals surface area contributed by atoms with Crippen molar-refractivity contribution in [3.63, 3.8) is 0 Å². The number of H-pyrrole nitrogens is 1. The van der Waals surface area contributed by atoms with E-state index in [0.29, 0.717) is 32.9 Å². The molecule has 22 heavy (non-hydrogen) atoms. The van der Waals surface area contributed by atoms with Crippen LogP contribution in [0, 0.1) is 6.92 Å². The second kappa shape index (κ2) is 6.27. The van der Waals surface area contributed by atoms with Crippen LogP contribution >= 0.6 is 11.3 Å². The number of carboxylic acids is 1. The van der Waals surface area contributed by atoms with Crippen LogP contribution in [0.2, 0.25) is 0 Å². The molecule has 2 aromatic rings. The summed E-state index contributed by atoms with van der Waals surface area (Å²) in [6.45, 7) is 3.71. The molecular formula is C14H17N3O4S. The molecule has 0 aliphatic rings. The van der Waals surface area contributed by atoms with E-state index in [1.54, 1.807) is 14.0 Å². The first kappa shape index (κ1) is 16.2. The summed E-state index contributed by atoms with van der Waals surface area (Å²) in [5.74, 6) is -0.672. The Bertz CT molecular complexity index is 793. The van der Waals surface area contributed by atoms with E-state index in [2.05, 4.69) is 9.97 Å². The van der Waals surface area contributed by atoms with Gasteiger partial charge >= 0.3 is 5.97 Å². The fraction of sp³-hybridized carbons (Fsp3) is 0.429. The zero-order valence-corrected chi connectivity index (χ0v) is 13.4. The molecule has 2 N–H and O–H groups in total. The van der Waals surface area contributed by atoms with Crippen molar-refractivity contribution in [1.82, 2.24) is 14.9 Å². The number of fused-ring (bicyclic) bond motifs is 1. The van der Waals surface area contributed by atoms with Gasteiger partial charge in [-0.05, 0) is 12.5 Å². The number of carbonyl (C=O) groups is 2. The number of nitrogens with one attached hydrogen (secondary N) is 1. The molecule has 2 aromatic heterocycles. The average Bonchev–Trinajstić information content (AvgIpc) is 2.81. The van der Waals surface area contributed by atoms with Gasteiger partial charge in [0.15, 0.2) is 0 Å². The zero-order valence-electron chi connectivity index (χ0n) is 12.6. The highest BCUT2D eigenvalue weighted by atomic mass is 32.1. The molecule has 118 valence electrons. The number of hydrogen-bond acceptors (Lipinski definition) is 5. The maximum Gasteiger partial charge on any atom is 0.305 e. The van der Waals surface area contributed by atoms with Crippen LogP contribution < -0.4 is 5.56 Å². The first-order valence-corrected chi connectivity index (χ1v) is 7.66. The highest BCUT2D eigenvalue weighted by molar-refractivity contribution is 7.20. The molecular weight excluding hydrogens is 306 g/mol. The molecule has 0 aromatic carbocycles.